The fraction of sp³-hybridized carbons (Fsp3) is 1.00. The average molecular weight is 147 g/mol. The molecule has 0 heterocycles. The first-order valence-electron chi connectivity index (χ1n) is 3.47. The van der Waals surface area contributed by atoms with Crippen molar-refractivity contribution in [1.29, 1.82) is 0 Å². The van der Waals surface area contributed by atoms with Gasteiger partial charge in [-0.25, -0.2) is 0 Å². The summed E-state index contributed by atoms with van der Waals surface area (Å²) >= 11 is 0. The third kappa shape index (κ3) is 7.88. The van der Waals surface area contributed by atoms with Crippen molar-refractivity contribution >= 4 is 0 Å². The molecule has 0 saturated heterocycles. The molecule has 3 heteroatoms. The third-order valence-corrected chi connectivity index (χ3v) is 0.836. The number of rotatable bonds is 4. The van der Waals surface area contributed by atoms with Gasteiger partial charge in [0.2, 0.25) is 0 Å². The molecular weight excluding hydrogens is 130 g/mol. The molecule has 1 atom stereocenters. The lowest BCUT2D eigenvalue weighted by atomic mass is 10.2. The molecule has 1 unspecified atom stereocenters. The molecule has 0 fully saturated rings. The van der Waals surface area contributed by atoms with E-state index in [0.29, 0.717) is 13.2 Å². The van der Waals surface area contributed by atoms with Crippen LogP contribution in [0.5, 0.6) is 0 Å². The van der Waals surface area contributed by atoms with Gasteiger partial charge in [0, 0.05) is 6.04 Å². The van der Waals surface area contributed by atoms with Crippen LogP contribution < -0.4 is 5.73 Å². The van der Waals surface area contributed by atoms with Crippen LogP contribution in [0.1, 0.15) is 20.8 Å². The van der Waals surface area contributed by atoms with Gasteiger partial charge in [-0.05, 0) is 20.8 Å². The van der Waals surface area contributed by atoms with Crippen molar-refractivity contribution in [2.75, 3.05) is 13.2 Å². The van der Waals surface area contributed by atoms with E-state index in [4.69, 9.17) is 15.6 Å². The van der Waals surface area contributed by atoms with Gasteiger partial charge in [0.25, 0.3) is 0 Å². The number of hydrogen-bond acceptors (Lipinski definition) is 3. The van der Waals surface area contributed by atoms with Gasteiger partial charge < -0.3 is 15.6 Å². The van der Waals surface area contributed by atoms with E-state index in [1.807, 2.05) is 6.92 Å². The molecule has 0 aromatic carbocycles. The Hall–Kier alpha value is -0.120. The summed E-state index contributed by atoms with van der Waals surface area (Å²) in [5.74, 6) is 0. The van der Waals surface area contributed by atoms with Gasteiger partial charge in [0.1, 0.15) is 0 Å². The Bertz CT molecular complexity index is 86.1. The highest BCUT2D eigenvalue weighted by Gasteiger charge is 2.12. The highest BCUT2D eigenvalue weighted by Crippen LogP contribution is 2.00. The summed E-state index contributed by atoms with van der Waals surface area (Å²) in [4.78, 5) is 0. The Morgan fingerprint density at radius 2 is 2.10 bits per heavy atom. The number of ether oxygens (including phenoxy) is 1. The van der Waals surface area contributed by atoms with Crippen LogP contribution in [0.2, 0.25) is 0 Å². The molecule has 0 aromatic heterocycles. The maximum atomic E-state index is 9.16. The van der Waals surface area contributed by atoms with Crippen LogP contribution in [0.3, 0.4) is 0 Å². The highest BCUT2D eigenvalue weighted by atomic mass is 16.5. The summed E-state index contributed by atoms with van der Waals surface area (Å²) in [6.45, 7) is 6.12. The first-order chi connectivity index (χ1) is 4.42. The van der Waals surface area contributed by atoms with Crippen molar-refractivity contribution in [2.45, 2.75) is 32.4 Å². The summed E-state index contributed by atoms with van der Waals surface area (Å²) in [6, 6.07) is 0.0438. The van der Waals surface area contributed by atoms with E-state index >= 15 is 0 Å². The van der Waals surface area contributed by atoms with Crippen molar-refractivity contribution in [3.05, 3.63) is 0 Å². The van der Waals surface area contributed by atoms with Crippen molar-refractivity contribution in [2.24, 2.45) is 5.73 Å². The number of aliphatic hydroxyl groups is 1. The smallest absolute Gasteiger partial charge is 0.0824 e. The second kappa shape index (κ2) is 3.91. The molecular formula is C7H17NO2. The topological polar surface area (TPSA) is 55.5 Å². The highest BCUT2D eigenvalue weighted by molar-refractivity contribution is 4.63. The fourth-order valence-corrected chi connectivity index (χ4v) is 0.495. The SMILES string of the molecule is CC(N)COCC(C)(C)O. The monoisotopic (exact) mass is 147 g/mol. The lowest BCUT2D eigenvalue weighted by Crippen LogP contribution is -2.30. The van der Waals surface area contributed by atoms with Crippen LogP contribution in [-0.2, 0) is 4.74 Å². The number of nitrogens with two attached hydrogens (primary N) is 1. The zero-order valence-corrected chi connectivity index (χ0v) is 6.92. The van der Waals surface area contributed by atoms with E-state index in [9.17, 15) is 0 Å². The van der Waals surface area contributed by atoms with Crippen molar-refractivity contribution in [3.8, 4) is 0 Å². The summed E-state index contributed by atoms with van der Waals surface area (Å²) in [7, 11) is 0. The molecule has 0 aromatic rings. The van der Waals surface area contributed by atoms with Gasteiger partial charge >= 0.3 is 0 Å². The minimum absolute atomic E-state index is 0.0438. The van der Waals surface area contributed by atoms with E-state index in [1.165, 1.54) is 0 Å². The maximum Gasteiger partial charge on any atom is 0.0824 e. The molecule has 0 radical (unpaired) electrons. The minimum Gasteiger partial charge on any atom is -0.388 e. The molecule has 0 saturated carbocycles. The molecule has 0 bridgehead atoms. The Labute approximate surface area is 62.2 Å². The molecule has 0 rings (SSSR count). The normalized spacial score (nSPS) is 15.3. The Balaban J connectivity index is 3.21. The van der Waals surface area contributed by atoms with E-state index in [0.717, 1.165) is 0 Å². The Kier molecular flexibility index (Phi) is 3.86. The van der Waals surface area contributed by atoms with Crippen LogP contribution in [0, 0.1) is 0 Å². The zero-order chi connectivity index (χ0) is 8.20. The van der Waals surface area contributed by atoms with E-state index < -0.39 is 5.60 Å². The van der Waals surface area contributed by atoms with Crippen molar-refractivity contribution in [3.63, 3.8) is 0 Å². The summed E-state index contributed by atoms with van der Waals surface area (Å²) in [6.07, 6.45) is 0. The van der Waals surface area contributed by atoms with Crippen LogP contribution >= 0.6 is 0 Å². The maximum absolute atomic E-state index is 9.16. The van der Waals surface area contributed by atoms with Crippen LogP contribution in [0.25, 0.3) is 0 Å². The summed E-state index contributed by atoms with van der Waals surface area (Å²) in [5.41, 5.74) is 4.67. The fourth-order valence-electron chi connectivity index (χ4n) is 0.495. The minimum atomic E-state index is -0.741. The van der Waals surface area contributed by atoms with Crippen molar-refractivity contribution in [1.82, 2.24) is 0 Å². The van der Waals surface area contributed by atoms with Gasteiger partial charge in [-0.2, -0.15) is 0 Å². The van der Waals surface area contributed by atoms with E-state index in [-0.39, 0.29) is 6.04 Å². The summed E-state index contributed by atoms with van der Waals surface area (Å²) < 4.78 is 5.08. The first-order valence-corrected chi connectivity index (χ1v) is 3.47. The van der Waals surface area contributed by atoms with Gasteiger partial charge in [0.05, 0.1) is 18.8 Å². The Morgan fingerprint density at radius 1 is 1.60 bits per heavy atom. The predicted molar refractivity (Wildman–Crippen MR) is 40.8 cm³/mol. The van der Waals surface area contributed by atoms with Gasteiger partial charge in [0.15, 0.2) is 0 Å². The van der Waals surface area contributed by atoms with Crippen LogP contribution in [0.15, 0.2) is 0 Å². The van der Waals surface area contributed by atoms with Crippen LogP contribution in [-0.4, -0.2) is 30.0 Å². The quantitative estimate of drug-likeness (QED) is 0.594. The number of hydrogen-bond donors (Lipinski definition) is 2. The molecule has 0 aliphatic carbocycles. The molecule has 3 nitrogen and oxygen atoms in total. The standard InChI is InChI=1S/C7H17NO2/c1-6(8)4-10-5-7(2,3)9/h6,9H,4-5,8H2,1-3H3. The molecule has 0 amide bonds. The molecule has 0 spiro atoms. The molecule has 0 aliphatic rings. The van der Waals surface area contributed by atoms with Gasteiger partial charge in [-0.15, -0.1) is 0 Å². The average Bonchev–Trinajstić information content (AvgIpc) is 1.59. The molecule has 3 N–H and O–H groups in total. The van der Waals surface area contributed by atoms with E-state index in [2.05, 4.69) is 0 Å². The van der Waals surface area contributed by atoms with E-state index in [1.54, 1.807) is 13.8 Å². The van der Waals surface area contributed by atoms with Gasteiger partial charge in [-0.1, -0.05) is 0 Å². The molecule has 10 heavy (non-hydrogen) atoms. The lowest BCUT2D eigenvalue weighted by Gasteiger charge is -2.17. The lowest BCUT2D eigenvalue weighted by molar-refractivity contribution is -0.0230. The second-order valence-corrected chi connectivity index (χ2v) is 3.30. The third-order valence-electron chi connectivity index (χ3n) is 0.836. The molecule has 62 valence electrons. The molecule has 0 aliphatic heterocycles. The van der Waals surface area contributed by atoms with Crippen LogP contribution in [0.4, 0.5) is 0 Å². The first kappa shape index (κ1) is 9.88. The second-order valence-electron chi connectivity index (χ2n) is 3.30. The summed E-state index contributed by atoms with van der Waals surface area (Å²) in [5, 5.41) is 9.16. The van der Waals surface area contributed by atoms with Crippen molar-refractivity contribution < 1.29 is 9.84 Å². The Morgan fingerprint density at radius 3 is 2.40 bits per heavy atom. The predicted octanol–water partition coefficient (Wildman–Crippen LogP) is 0.121. The van der Waals surface area contributed by atoms with Gasteiger partial charge in [-0.3, -0.25) is 0 Å². The zero-order valence-electron chi connectivity index (χ0n) is 6.92. The largest absolute Gasteiger partial charge is 0.388 e.